The fourth-order valence-corrected chi connectivity index (χ4v) is 4.64. The van der Waals surface area contributed by atoms with Crippen LogP contribution >= 0.6 is 0 Å². The molecular formula is C21H31N3O2. The second-order valence-corrected chi connectivity index (χ2v) is 8.14. The number of fused-ring (bicyclic) bond motifs is 4. The molecule has 5 heteroatoms. The summed E-state index contributed by atoms with van der Waals surface area (Å²) in [5.41, 5.74) is 2.31. The van der Waals surface area contributed by atoms with Crippen LogP contribution in [0.1, 0.15) is 54.7 Å². The van der Waals surface area contributed by atoms with Gasteiger partial charge in [-0.15, -0.1) is 0 Å². The Morgan fingerprint density at radius 2 is 1.92 bits per heavy atom. The second-order valence-electron chi connectivity index (χ2n) is 8.14. The molecule has 0 aromatic carbocycles. The minimum absolute atomic E-state index is 0.619. The number of hydrogen-bond acceptors (Lipinski definition) is 5. The minimum atomic E-state index is 0.619. The third-order valence-electron chi connectivity index (χ3n) is 6.04. The molecule has 3 aliphatic heterocycles. The molecule has 3 saturated heterocycles. The minimum Gasteiger partial charge on any atom is -0.465 e. The zero-order chi connectivity index (χ0) is 18.1. The van der Waals surface area contributed by atoms with Crippen LogP contribution in [0.5, 0.6) is 0 Å². The van der Waals surface area contributed by atoms with Crippen molar-refractivity contribution in [2.45, 2.75) is 65.6 Å². The smallest absolute Gasteiger partial charge is 0.138 e. The molecule has 26 heavy (non-hydrogen) atoms. The van der Waals surface area contributed by atoms with E-state index in [0.29, 0.717) is 6.04 Å². The lowest BCUT2D eigenvalue weighted by Crippen LogP contribution is -2.43. The van der Waals surface area contributed by atoms with E-state index in [2.05, 4.69) is 40.9 Å². The van der Waals surface area contributed by atoms with Crippen LogP contribution in [-0.4, -0.2) is 40.6 Å². The Balaban J connectivity index is 1.42. The Bertz CT molecular complexity index is 716. The molecule has 0 amide bonds. The van der Waals surface area contributed by atoms with Crippen LogP contribution in [-0.2, 0) is 19.5 Å². The van der Waals surface area contributed by atoms with E-state index in [0.717, 1.165) is 61.4 Å². The van der Waals surface area contributed by atoms with E-state index in [1.165, 1.54) is 31.5 Å². The summed E-state index contributed by atoms with van der Waals surface area (Å²) in [5, 5.41) is 4.12. The highest BCUT2D eigenvalue weighted by atomic mass is 16.5. The Hall–Kier alpha value is -1.59. The molecule has 0 radical (unpaired) electrons. The fraction of sp³-hybridized carbons (Fsp3) is 0.667. The molecule has 2 aromatic rings. The molecule has 3 fully saturated rings. The maximum atomic E-state index is 6.04. The quantitative estimate of drug-likeness (QED) is 0.784. The Morgan fingerprint density at radius 3 is 2.69 bits per heavy atom. The summed E-state index contributed by atoms with van der Waals surface area (Å²) in [5.74, 6) is 3.97. The van der Waals surface area contributed by atoms with Gasteiger partial charge in [-0.3, -0.25) is 9.80 Å². The van der Waals surface area contributed by atoms with Crippen molar-refractivity contribution >= 4 is 0 Å². The van der Waals surface area contributed by atoms with E-state index in [9.17, 15) is 0 Å². The van der Waals surface area contributed by atoms with Crippen molar-refractivity contribution in [1.29, 1.82) is 0 Å². The van der Waals surface area contributed by atoms with Gasteiger partial charge in [-0.05, 0) is 51.2 Å². The van der Waals surface area contributed by atoms with Gasteiger partial charge in [0, 0.05) is 44.2 Å². The van der Waals surface area contributed by atoms with Crippen molar-refractivity contribution < 1.29 is 8.94 Å². The summed E-state index contributed by atoms with van der Waals surface area (Å²) >= 11 is 0. The molecule has 142 valence electrons. The van der Waals surface area contributed by atoms with E-state index in [1.807, 2.05) is 6.92 Å². The van der Waals surface area contributed by atoms with Gasteiger partial charge in [0.1, 0.15) is 17.3 Å². The first-order valence-corrected chi connectivity index (χ1v) is 10.1. The predicted molar refractivity (Wildman–Crippen MR) is 101 cm³/mol. The van der Waals surface area contributed by atoms with Gasteiger partial charge in [-0.2, -0.15) is 0 Å². The van der Waals surface area contributed by atoms with E-state index in [-0.39, 0.29) is 0 Å². The van der Waals surface area contributed by atoms with Crippen molar-refractivity contribution in [3.63, 3.8) is 0 Å². The Kier molecular flexibility index (Phi) is 5.18. The van der Waals surface area contributed by atoms with Crippen LogP contribution in [0, 0.1) is 19.8 Å². The first kappa shape index (κ1) is 17.8. The lowest BCUT2D eigenvalue weighted by molar-refractivity contribution is 0.113. The lowest BCUT2D eigenvalue weighted by Gasteiger charge is -2.35. The van der Waals surface area contributed by atoms with Gasteiger partial charge < -0.3 is 8.94 Å². The summed E-state index contributed by atoms with van der Waals surface area (Å²) in [7, 11) is 0. The summed E-state index contributed by atoms with van der Waals surface area (Å²) in [4.78, 5) is 5.26. The summed E-state index contributed by atoms with van der Waals surface area (Å²) in [6, 6.07) is 4.94. The Morgan fingerprint density at radius 1 is 1.08 bits per heavy atom. The molecule has 2 bridgehead atoms. The van der Waals surface area contributed by atoms with E-state index in [4.69, 9.17) is 8.94 Å². The van der Waals surface area contributed by atoms with Crippen LogP contribution < -0.4 is 0 Å². The molecular weight excluding hydrogens is 326 g/mol. The van der Waals surface area contributed by atoms with Gasteiger partial charge in [0.15, 0.2) is 0 Å². The van der Waals surface area contributed by atoms with E-state index in [1.54, 1.807) is 0 Å². The first-order valence-electron chi connectivity index (χ1n) is 10.1. The number of hydrogen-bond donors (Lipinski definition) is 0. The van der Waals surface area contributed by atoms with Crippen molar-refractivity contribution in [2.75, 3.05) is 19.6 Å². The van der Waals surface area contributed by atoms with Gasteiger partial charge in [0.25, 0.3) is 0 Å². The van der Waals surface area contributed by atoms with Crippen molar-refractivity contribution in [3.05, 3.63) is 40.7 Å². The molecule has 0 saturated carbocycles. The summed E-state index contributed by atoms with van der Waals surface area (Å²) in [6.45, 7) is 11.7. The van der Waals surface area contributed by atoms with Crippen molar-refractivity contribution in [2.24, 2.45) is 5.92 Å². The number of aromatic nitrogens is 1. The molecule has 0 aliphatic carbocycles. The normalized spacial score (nSPS) is 24.3. The second kappa shape index (κ2) is 7.57. The fourth-order valence-electron chi connectivity index (χ4n) is 4.64. The highest BCUT2D eigenvalue weighted by Crippen LogP contribution is 2.31. The first-order chi connectivity index (χ1) is 12.6. The van der Waals surface area contributed by atoms with Crippen LogP contribution in [0.4, 0.5) is 0 Å². The Labute approximate surface area is 156 Å². The van der Waals surface area contributed by atoms with Crippen LogP contribution in [0.15, 0.2) is 21.1 Å². The van der Waals surface area contributed by atoms with Gasteiger partial charge >= 0.3 is 0 Å². The average molecular weight is 357 g/mol. The highest BCUT2D eigenvalue weighted by Gasteiger charge is 2.35. The summed E-state index contributed by atoms with van der Waals surface area (Å²) in [6.07, 6.45) is 4.82. The van der Waals surface area contributed by atoms with Crippen molar-refractivity contribution in [1.82, 2.24) is 15.0 Å². The number of aryl methyl sites for hydroxylation is 3. The lowest BCUT2D eigenvalue weighted by atomic mass is 9.95. The highest BCUT2D eigenvalue weighted by molar-refractivity contribution is 5.20. The average Bonchev–Trinajstić information content (AvgIpc) is 3.06. The predicted octanol–water partition coefficient (Wildman–Crippen LogP) is 3.93. The number of nitrogens with zero attached hydrogens (tertiary/aromatic N) is 3. The monoisotopic (exact) mass is 357 g/mol. The third-order valence-corrected chi connectivity index (χ3v) is 6.04. The number of rotatable bonds is 6. The molecule has 0 N–H and O–H groups in total. The largest absolute Gasteiger partial charge is 0.465 e. The standard InChI is InChI=1S/C21H31N3O2/c1-4-5-19-8-9-20(25-19)13-24-11-17-6-7-18(24)12-23(10-17)14-21-15(2)22-26-16(21)3/h8-9,17-18H,4-7,10-14H2,1-3H3/t17-,18+/m0/s1. The zero-order valence-corrected chi connectivity index (χ0v) is 16.3. The van der Waals surface area contributed by atoms with Gasteiger partial charge in [0.2, 0.25) is 0 Å². The van der Waals surface area contributed by atoms with Crippen LogP contribution in [0.2, 0.25) is 0 Å². The topological polar surface area (TPSA) is 45.7 Å². The maximum absolute atomic E-state index is 6.04. The molecule has 0 spiro atoms. The van der Waals surface area contributed by atoms with E-state index >= 15 is 0 Å². The van der Waals surface area contributed by atoms with Crippen LogP contribution in [0.3, 0.4) is 0 Å². The maximum Gasteiger partial charge on any atom is 0.138 e. The van der Waals surface area contributed by atoms with E-state index < -0.39 is 0 Å². The number of furan rings is 1. The number of piperidine rings is 1. The van der Waals surface area contributed by atoms with Crippen molar-refractivity contribution in [3.8, 4) is 0 Å². The molecule has 5 rings (SSSR count). The molecule has 5 heterocycles. The third kappa shape index (κ3) is 3.74. The molecule has 0 unspecified atom stereocenters. The molecule has 2 atom stereocenters. The van der Waals surface area contributed by atoms with Crippen LogP contribution in [0.25, 0.3) is 0 Å². The summed E-state index contributed by atoms with van der Waals surface area (Å²) < 4.78 is 11.4. The molecule has 2 aromatic heterocycles. The van der Waals surface area contributed by atoms with Gasteiger partial charge in [0.05, 0.1) is 12.2 Å². The molecule has 5 nitrogen and oxygen atoms in total. The van der Waals surface area contributed by atoms with Gasteiger partial charge in [-0.25, -0.2) is 0 Å². The zero-order valence-electron chi connectivity index (χ0n) is 16.3. The molecule has 3 aliphatic rings. The SMILES string of the molecule is CCCc1ccc(CN2C[C@H]3CC[C@@H]2CN(Cc2c(C)noc2C)C3)o1. The van der Waals surface area contributed by atoms with Gasteiger partial charge in [-0.1, -0.05) is 12.1 Å².